The van der Waals surface area contributed by atoms with Gasteiger partial charge in [-0.05, 0) is 18.2 Å². The van der Waals surface area contributed by atoms with Gasteiger partial charge in [-0.15, -0.1) is 11.3 Å². The highest BCUT2D eigenvalue weighted by atomic mass is 35.5. The summed E-state index contributed by atoms with van der Waals surface area (Å²) in [7, 11) is -1.32. The summed E-state index contributed by atoms with van der Waals surface area (Å²) in [5, 5.41) is 11.6. The Labute approximate surface area is 115 Å². The average Bonchev–Trinajstić information content (AvgIpc) is 2.81. The van der Waals surface area contributed by atoms with E-state index in [1.165, 1.54) is 23.5 Å². The van der Waals surface area contributed by atoms with Gasteiger partial charge >= 0.3 is 5.97 Å². The first-order chi connectivity index (χ1) is 8.58. The van der Waals surface area contributed by atoms with E-state index in [2.05, 4.69) is 4.98 Å². The zero-order valence-corrected chi connectivity index (χ0v) is 11.4. The average molecular weight is 302 g/mol. The van der Waals surface area contributed by atoms with Crippen LogP contribution in [0.25, 0.3) is 0 Å². The van der Waals surface area contributed by atoms with E-state index in [0.717, 1.165) is 5.01 Å². The lowest BCUT2D eigenvalue weighted by atomic mass is 10.2. The lowest BCUT2D eigenvalue weighted by molar-refractivity contribution is 0.0697. The van der Waals surface area contributed by atoms with Crippen molar-refractivity contribution in [3.05, 3.63) is 45.4 Å². The van der Waals surface area contributed by atoms with Gasteiger partial charge in [0.1, 0.15) is 5.01 Å². The summed E-state index contributed by atoms with van der Waals surface area (Å²) in [5.41, 5.74) is -0.0401. The van der Waals surface area contributed by atoms with Crippen molar-refractivity contribution in [2.24, 2.45) is 0 Å². The fourth-order valence-electron chi connectivity index (χ4n) is 1.33. The molecule has 0 radical (unpaired) electrons. The van der Waals surface area contributed by atoms with Crippen molar-refractivity contribution < 1.29 is 14.1 Å². The lowest BCUT2D eigenvalue weighted by Gasteiger charge is -2.03. The Hall–Kier alpha value is -1.24. The fourth-order valence-corrected chi connectivity index (χ4v) is 3.46. The van der Waals surface area contributed by atoms with Crippen molar-refractivity contribution in [3.8, 4) is 0 Å². The van der Waals surface area contributed by atoms with Crippen LogP contribution >= 0.6 is 22.9 Å². The maximum atomic E-state index is 12.0. The highest BCUT2D eigenvalue weighted by Crippen LogP contribution is 2.21. The molecule has 1 N–H and O–H groups in total. The van der Waals surface area contributed by atoms with Crippen LogP contribution in [0.5, 0.6) is 0 Å². The molecule has 0 bridgehead atoms. The molecule has 0 amide bonds. The highest BCUT2D eigenvalue weighted by molar-refractivity contribution is 7.84. The number of carboxylic acids is 1. The summed E-state index contributed by atoms with van der Waals surface area (Å²) >= 11 is 7.16. The van der Waals surface area contributed by atoms with Crippen molar-refractivity contribution in [1.29, 1.82) is 0 Å². The third-order valence-corrected chi connectivity index (χ3v) is 4.78. The van der Waals surface area contributed by atoms with Crippen LogP contribution in [0.15, 0.2) is 34.7 Å². The van der Waals surface area contributed by atoms with E-state index in [-0.39, 0.29) is 16.3 Å². The normalized spacial score (nSPS) is 12.3. The van der Waals surface area contributed by atoms with Crippen molar-refractivity contribution in [2.45, 2.75) is 10.6 Å². The monoisotopic (exact) mass is 301 g/mol. The number of carboxylic acid groups (broad SMARTS) is 1. The Morgan fingerprint density at radius 2 is 2.28 bits per heavy atom. The number of aromatic nitrogens is 1. The largest absolute Gasteiger partial charge is 0.478 e. The van der Waals surface area contributed by atoms with Gasteiger partial charge in [-0.1, -0.05) is 11.6 Å². The molecule has 18 heavy (non-hydrogen) atoms. The van der Waals surface area contributed by atoms with Crippen molar-refractivity contribution in [3.63, 3.8) is 0 Å². The van der Waals surface area contributed by atoms with Crippen molar-refractivity contribution in [1.82, 2.24) is 4.98 Å². The van der Waals surface area contributed by atoms with E-state index in [1.54, 1.807) is 17.6 Å². The number of rotatable bonds is 4. The first kappa shape index (κ1) is 13.2. The molecule has 7 heteroatoms. The topological polar surface area (TPSA) is 67.3 Å². The third-order valence-electron chi connectivity index (χ3n) is 2.17. The molecule has 0 saturated heterocycles. The summed E-state index contributed by atoms with van der Waals surface area (Å²) in [5.74, 6) is -0.855. The molecule has 1 atom stereocenters. The predicted molar refractivity (Wildman–Crippen MR) is 70.6 cm³/mol. The summed E-state index contributed by atoms with van der Waals surface area (Å²) < 4.78 is 12.0. The molecule has 2 aromatic rings. The van der Waals surface area contributed by atoms with Gasteiger partial charge in [0, 0.05) is 16.5 Å². The van der Waals surface area contributed by atoms with E-state index in [1.807, 2.05) is 0 Å². The Bertz CT molecular complexity index is 598. The minimum Gasteiger partial charge on any atom is -0.478 e. The van der Waals surface area contributed by atoms with E-state index >= 15 is 0 Å². The van der Waals surface area contributed by atoms with E-state index in [4.69, 9.17) is 16.7 Å². The van der Waals surface area contributed by atoms with Crippen LogP contribution < -0.4 is 0 Å². The standard InChI is InChI=1S/C11H8ClNO3S2/c12-9-2-1-7(5-8(9)11(14)15)18(16)6-10-13-3-4-17-10/h1-5H,6H2,(H,14,15). The molecule has 94 valence electrons. The number of hydrogen-bond donors (Lipinski definition) is 1. The Morgan fingerprint density at radius 3 is 2.89 bits per heavy atom. The van der Waals surface area contributed by atoms with Crippen LogP contribution in [0.2, 0.25) is 5.02 Å². The SMILES string of the molecule is O=C(O)c1cc(S(=O)Cc2nccs2)ccc1Cl. The van der Waals surface area contributed by atoms with Crippen LogP contribution in [0.3, 0.4) is 0 Å². The maximum absolute atomic E-state index is 12.0. The summed E-state index contributed by atoms with van der Waals surface area (Å²) in [6.45, 7) is 0. The predicted octanol–water partition coefficient (Wildman–Crippen LogP) is 2.80. The molecule has 0 saturated carbocycles. The smallest absolute Gasteiger partial charge is 0.337 e. The first-order valence-corrected chi connectivity index (χ1v) is 7.45. The van der Waals surface area contributed by atoms with Crippen LogP contribution in [-0.2, 0) is 16.6 Å². The van der Waals surface area contributed by atoms with Crippen LogP contribution in [-0.4, -0.2) is 20.3 Å². The van der Waals surface area contributed by atoms with E-state index in [0.29, 0.717) is 4.90 Å². The fraction of sp³-hybridized carbons (Fsp3) is 0.0909. The molecule has 1 aromatic heterocycles. The molecule has 1 heterocycles. The van der Waals surface area contributed by atoms with Gasteiger partial charge in [0.2, 0.25) is 0 Å². The Balaban J connectivity index is 2.26. The van der Waals surface area contributed by atoms with Crippen LogP contribution in [0.1, 0.15) is 15.4 Å². The quantitative estimate of drug-likeness (QED) is 0.943. The van der Waals surface area contributed by atoms with Crippen molar-refractivity contribution in [2.75, 3.05) is 0 Å². The van der Waals surface area contributed by atoms with Gasteiger partial charge in [0.05, 0.1) is 27.1 Å². The highest BCUT2D eigenvalue weighted by Gasteiger charge is 2.13. The molecule has 2 rings (SSSR count). The van der Waals surface area contributed by atoms with E-state index < -0.39 is 16.8 Å². The number of nitrogens with zero attached hydrogens (tertiary/aromatic N) is 1. The summed E-state index contributed by atoms with van der Waals surface area (Å²) in [6, 6.07) is 4.35. The molecule has 0 aliphatic carbocycles. The molecular weight excluding hydrogens is 294 g/mol. The van der Waals surface area contributed by atoms with Crippen LogP contribution in [0, 0.1) is 0 Å². The number of aromatic carboxylic acids is 1. The zero-order chi connectivity index (χ0) is 13.1. The van der Waals surface area contributed by atoms with Gasteiger partial charge in [-0.3, -0.25) is 4.21 Å². The van der Waals surface area contributed by atoms with Gasteiger partial charge in [0.25, 0.3) is 0 Å². The molecule has 0 aliphatic heterocycles. The minimum atomic E-state index is -1.32. The molecule has 0 spiro atoms. The third kappa shape index (κ3) is 2.95. The number of carbonyl (C=O) groups is 1. The van der Waals surface area contributed by atoms with Gasteiger partial charge < -0.3 is 5.11 Å². The second-order valence-corrected chi connectivity index (χ2v) is 6.20. The number of hydrogen-bond acceptors (Lipinski definition) is 4. The van der Waals surface area contributed by atoms with Gasteiger partial charge in [0.15, 0.2) is 0 Å². The molecule has 0 aliphatic rings. The number of halogens is 1. The molecule has 4 nitrogen and oxygen atoms in total. The van der Waals surface area contributed by atoms with Crippen molar-refractivity contribution >= 4 is 39.7 Å². The van der Waals surface area contributed by atoms with Gasteiger partial charge in [-0.25, -0.2) is 9.78 Å². The second-order valence-electron chi connectivity index (χ2n) is 3.36. The van der Waals surface area contributed by atoms with Crippen LogP contribution in [0.4, 0.5) is 0 Å². The first-order valence-electron chi connectivity index (χ1n) is 4.87. The Kier molecular flexibility index (Phi) is 4.11. The number of thiazole rings is 1. The Morgan fingerprint density at radius 1 is 1.50 bits per heavy atom. The number of benzene rings is 1. The van der Waals surface area contributed by atoms with E-state index in [9.17, 15) is 9.00 Å². The molecule has 1 aromatic carbocycles. The second kappa shape index (κ2) is 5.60. The summed E-state index contributed by atoms with van der Waals surface area (Å²) in [4.78, 5) is 15.4. The minimum absolute atomic E-state index is 0.0401. The maximum Gasteiger partial charge on any atom is 0.337 e. The lowest BCUT2D eigenvalue weighted by Crippen LogP contribution is -2.01. The molecule has 0 fully saturated rings. The molecular formula is C11H8ClNO3S2. The molecule has 1 unspecified atom stereocenters. The van der Waals surface area contributed by atoms with Gasteiger partial charge in [-0.2, -0.15) is 0 Å². The summed E-state index contributed by atoms with van der Waals surface area (Å²) in [6.07, 6.45) is 1.64. The zero-order valence-electron chi connectivity index (χ0n) is 9.00.